The zero-order valence-electron chi connectivity index (χ0n) is 11.4. The average molecular weight is 274 g/mol. The van der Waals surface area contributed by atoms with Crippen molar-refractivity contribution in [3.63, 3.8) is 0 Å². The molecule has 0 radical (unpaired) electrons. The van der Waals surface area contributed by atoms with Crippen LogP contribution in [0.5, 0.6) is 0 Å². The molecule has 5 heteroatoms. The van der Waals surface area contributed by atoms with Gasteiger partial charge in [0.2, 0.25) is 5.76 Å². The van der Waals surface area contributed by atoms with Crippen LogP contribution in [0.25, 0.3) is 0 Å². The van der Waals surface area contributed by atoms with E-state index in [4.69, 9.17) is 9.63 Å². The predicted octanol–water partition coefficient (Wildman–Crippen LogP) is 1.57. The first-order valence-electron chi connectivity index (χ1n) is 6.61. The summed E-state index contributed by atoms with van der Waals surface area (Å²) in [6.45, 7) is 1.80. The van der Waals surface area contributed by atoms with Gasteiger partial charge in [-0.25, -0.2) is 0 Å². The van der Waals surface area contributed by atoms with Gasteiger partial charge in [0.15, 0.2) is 0 Å². The van der Waals surface area contributed by atoms with Crippen LogP contribution in [0.4, 0.5) is 0 Å². The lowest BCUT2D eigenvalue weighted by atomic mass is 10.1. The lowest BCUT2D eigenvalue weighted by Crippen LogP contribution is -2.30. The predicted molar refractivity (Wildman–Crippen MR) is 74.4 cm³/mol. The maximum absolute atomic E-state index is 11.7. The Bertz CT molecular complexity index is 549. The quantitative estimate of drug-likeness (QED) is 0.838. The fraction of sp³-hybridized carbons (Fsp3) is 0.333. The number of aliphatic hydroxyl groups is 1. The zero-order valence-corrected chi connectivity index (χ0v) is 11.4. The molecule has 0 fully saturated rings. The minimum atomic E-state index is -0.584. The van der Waals surface area contributed by atoms with Gasteiger partial charge in [0.25, 0.3) is 5.91 Å². The molecule has 0 aliphatic rings. The highest BCUT2D eigenvalue weighted by atomic mass is 16.5. The van der Waals surface area contributed by atoms with Crippen LogP contribution in [-0.2, 0) is 12.8 Å². The minimum absolute atomic E-state index is 0.175. The first-order valence-corrected chi connectivity index (χ1v) is 6.61. The second-order valence-corrected chi connectivity index (χ2v) is 4.73. The molecule has 0 bridgehead atoms. The molecule has 0 spiro atoms. The van der Waals surface area contributed by atoms with Crippen LogP contribution >= 0.6 is 0 Å². The topological polar surface area (TPSA) is 75.4 Å². The number of benzene rings is 1. The van der Waals surface area contributed by atoms with Gasteiger partial charge in [-0.15, -0.1) is 0 Å². The minimum Gasteiger partial charge on any atom is -0.392 e. The number of nitrogens with zero attached hydrogens (tertiary/aromatic N) is 1. The molecule has 1 amide bonds. The molecule has 1 atom stereocenters. The van der Waals surface area contributed by atoms with Gasteiger partial charge in [0, 0.05) is 12.6 Å². The maximum atomic E-state index is 11.7. The molecule has 1 aromatic heterocycles. The molecule has 0 saturated heterocycles. The first-order chi connectivity index (χ1) is 9.65. The van der Waals surface area contributed by atoms with Gasteiger partial charge >= 0.3 is 0 Å². The van der Waals surface area contributed by atoms with E-state index in [1.54, 1.807) is 13.0 Å². The Balaban J connectivity index is 1.87. The molecular formula is C15H18N2O3. The van der Waals surface area contributed by atoms with E-state index in [0.717, 1.165) is 18.5 Å². The van der Waals surface area contributed by atoms with Gasteiger partial charge in [-0.3, -0.25) is 4.79 Å². The standard InChI is InChI=1S/C15H18N2O3/c1-11(18)10-16-15(19)14-9-13(17-20-14)8-7-12-5-3-2-4-6-12/h2-6,9,11,18H,7-8,10H2,1H3,(H,16,19). The Morgan fingerprint density at radius 2 is 2.10 bits per heavy atom. The van der Waals surface area contributed by atoms with Crippen LogP contribution < -0.4 is 5.32 Å². The van der Waals surface area contributed by atoms with E-state index >= 15 is 0 Å². The van der Waals surface area contributed by atoms with E-state index in [0.29, 0.717) is 0 Å². The molecule has 0 aliphatic heterocycles. The van der Waals surface area contributed by atoms with Crippen molar-refractivity contribution in [1.82, 2.24) is 10.5 Å². The van der Waals surface area contributed by atoms with E-state index in [2.05, 4.69) is 22.6 Å². The molecule has 20 heavy (non-hydrogen) atoms. The van der Waals surface area contributed by atoms with Crippen molar-refractivity contribution in [2.24, 2.45) is 0 Å². The van der Waals surface area contributed by atoms with Crippen LogP contribution in [0.1, 0.15) is 28.7 Å². The van der Waals surface area contributed by atoms with E-state index in [-0.39, 0.29) is 18.2 Å². The number of carbonyl (C=O) groups is 1. The normalized spacial score (nSPS) is 12.1. The van der Waals surface area contributed by atoms with Gasteiger partial charge in [-0.2, -0.15) is 0 Å². The Labute approximate surface area is 117 Å². The Kier molecular flexibility index (Phi) is 4.90. The number of rotatable bonds is 6. The van der Waals surface area contributed by atoms with Crippen LogP contribution in [0.15, 0.2) is 40.9 Å². The highest BCUT2D eigenvalue weighted by Gasteiger charge is 2.13. The summed E-state index contributed by atoms with van der Waals surface area (Å²) in [6.07, 6.45) is 0.985. The molecule has 5 nitrogen and oxygen atoms in total. The van der Waals surface area contributed by atoms with Crippen molar-refractivity contribution in [3.05, 3.63) is 53.4 Å². The summed E-state index contributed by atoms with van der Waals surface area (Å²) >= 11 is 0. The average Bonchev–Trinajstić information content (AvgIpc) is 2.92. The number of aromatic nitrogens is 1. The molecule has 1 unspecified atom stereocenters. The Morgan fingerprint density at radius 1 is 1.35 bits per heavy atom. The summed E-state index contributed by atoms with van der Waals surface area (Å²) in [5.74, 6) is -0.182. The summed E-state index contributed by atoms with van der Waals surface area (Å²) in [7, 11) is 0. The third-order valence-electron chi connectivity index (χ3n) is 2.85. The lowest BCUT2D eigenvalue weighted by Gasteiger charge is -2.03. The van der Waals surface area contributed by atoms with Gasteiger partial charge in [0.05, 0.1) is 11.8 Å². The molecule has 1 aromatic carbocycles. The summed E-state index contributed by atoms with van der Waals surface area (Å²) < 4.78 is 5.00. The van der Waals surface area contributed by atoms with Gasteiger partial charge in [-0.05, 0) is 25.3 Å². The fourth-order valence-corrected chi connectivity index (χ4v) is 1.78. The van der Waals surface area contributed by atoms with Crippen LogP contribution in [0, 0.1) is 0 Å². The van der Waals surface area contributed by atoms with E-state index in [9.17, 15) is 4.79 Å². The largest absolute Gasteiger partial charge is 0.392 e. The van der Waals surface area contributed by atoms with Gasteiger partial charge in [0.1, 0.15) is 0 Å². The fourth-order valence-electron chi connectivity index (χ4n) is 1.78. The number of hydrogen-bond acceptors (Lipinski definition) is 4. The van der Waals surface area contributed by atoms with Crippen LogP contribution in [0.2, 0.25) is 0 Å². The second kappa shape index (κ2) is 6.86. The Hall–Kier alpha value is -2.14. The molecular weight excluding hydrogens is 256 g/mol. The summed E-state index contributed by atoms with van der Waals surface area (Å²) in [6, 6.07) is 11.7. The second-order valence-electron chi connectivity index (χ2n) is 4.73. The van der Waals surface area contributed by atoms with Gasteiger partial charge < -0.3 is 14.9 Å². The van der Waals surface area contributed by atoms with Gasteiger partial charge in [-0.1, -0.05) is 35.5 Å². The van der Waals surface area contributed by atoms with E-state index < -0.39 is 6.10 Å². The van der Waals surface area contributed by atoms with Crippen molar-refractivity contribution < 1.29 is 14.4 Å². The third-order valence-corrected chi connectivity index (χ3v) is 2.85. The molecule has 2 rings (SSSR count). The summed E-state index contributed by atoms with van der Waals surface area (Å²) in [4.78, 5) is 11.7. The SMILES string of the molecule is CC(O)CNC(=O)c1cc(CCc2ccccc2)no1. The lowest BCUT2D eigenvalue weighted by molar-refractivity contribution is 0.0887. The van der Waals surface area contributed by atoms with Crippen LogP contribution in [-0.4, -0.2) is 28.8 Å². The summed E-state index contributed by atoms with van der Waals surface area (Å²) in [5.41, 5.74) is 1.96. The number of aliphatic hydroxyl groups excluding tert-OH is 1. The molecule has 2 aromatic rings. The van der Waals surface area contributed by atoms with E-state index in [1.165, 1.54) is 5.56 Å². The van der Waals surface area contributed by atoms with Crippen molar-refractivity contribution in [1.29, 1.82) is 0 Å². The molecule has 0 aliphatic carbocycles. The van der Waals surface area contributed by atoms with Crippen molar-refractivity contribution >= 4 is 5.91 Å². The number of amides is 1. The monoisotopic (exact) mass is 274 g/mol. The first kappa shape index (κ1) is 14.3. The van der Waals surface area contributed by atoms with Crippen molar-refractivity contribution in [3.8, 4) is 0 Å². The molecule has 1 heterocycles. The molecule has 0 saturated carbocycles. The van der Waals surface area contributed by atoms with Crippen LogP contribution in [0.3, 0.4) is 0 Å². The number of hydrogen-bond donors (Lipinski definition) is 2. The Morgan fingerprint density at radius 3 is 2.80 bits per heavy atom. The smallest absolute Gasteiger partial charge is 0.289 e. The highest BCUT2D eigenvalue weighted by molar-refractivity contribution is 5.91. The van der Waals surface area contributed by atoms with E-state index in [1.807, 2.05) is 18.2 Å². The number of nitrogens with one attached hydrogen (secondary N) is 1. The van der Waals surface area contributed by atoms with Crippen molar-refractivity contribution in [2.75, 3.05) is 6.54 Å². The summed E-state index contributed by atoms with van der Waals surface area (Å²) in [5, 5.41) is 15.5. The maximum Gasteiger partial charge on any atom is 0.289 e. The third kappa shape index (κ3) is 4.20. The number of aryl methyl sites for hydroxylation is 2. The highest BCUT2D eigenvalue weighted by Crippen LogP contribution is 2.08. The van der Waals surface area contributed by atoms with Crippen molar-refractivity contribution in [2.45, 2.75) is 25.9 Å². The number of carbonyl (C=O) groups excluding carboxylic acids is 1. The molecule has 106 valence electrons. The molecule has 2 N–H and O–H groups in total. The zero-order chi connectivity index (χ0) is 14.4.